The molecule has 0 N–H and O–H groups in total. The smallest absolute Gasteiger partial charge is 0.338 e. The Bertz CT molecular complexity index is 676. The van der Waals surface area contributed by atoms with Crippen LogP contribution in [0.15, 0.2) is 6.07 Å². The molecule has 2 atom stereocenters. The molecule has 0 spiro atoms. The molecule has 4 heteroatoms. The van der Waals surface area contributed by atoms with Gasteiger partial charge in [-0.2, -0.15) is 0 Å². The van der Waals surface area contributed by atoms with Gasteiger partial charge >= 0.3 is 5.97 Å². The van der Waals surface area contributed by atoms with Crippen LogP contribution >= 0.6 is 0 Å². The highest BCUT2D eigenvalue weighted by Gasteiger charge is 2.51. The van der Waals surface area contributed by atoms with E-state index in [-0.39, 0.29) is 17.5 Å². The molecule has 1 aromatic rings. The van der Waals surface area contributed by atoms with Crippen LogP contribution in [0, 0.1) is 12.3 Å². The van der Waals surface area contributed by atoms with E-state index in [4.69, 9.17) is 14.2 Å². The third-order valence-corrected chi connectivity index (χ3v) is 5.33. The van der Waals surface area contributed by atoms with Gasteiger partial charge in [-0.15, -0.1) is 0 Å². The van der Waals surface area contributed by atoms with Crippen molar-refractivity contribution >= 4 is 5.97 Å². The highest BCUT2D eigenvalue weighted by Crippen LogP contribution is 2.54. The van der Waals surface area contributed by atoms with E-state index in [0.717, 1.165) is 29.5 Å². The van der Waals surface area contributed by atoms with Gasteiger partial charge in [-0.05, 0) is 55.5 Å². The monoisotopic (exact) mass is 302 g/mol. The predicted octanol–water partition coefficient (Wildman–Crippen LogP) is 3.09. The summed E-state index contributed by atoms with van der Waals surface area (Å²) in [4.78, 5) is 12.1. The van der Waals surface area contributed by atoms with Crippen molar-refractivity contribution in [3.63, 3.8) is 0 Å². The van der Waals surface area contributed by atoms with Crippen molar-refractivity contribution in [1.82, 2.24) is 0 Å². The number of cyclic esters (lactones) is 1. The Labute approximate surface area is 130 Å². The van der Waals surface area contributed by atoms with E-state index in [0.29, 0.717) is 13.2 Å². The normalized spacial score (nSPS) is 32.0. The molecule has 1 fully saturated rings. The number of carbonyl (C=O) groups is 1. The van der Waals surface area contributed by atoms with Crippen LogP contribution in [0.25, 0.3) is 0 Å². The summed E-state index contributed by atoms with van der Waals surface area (Å²) in [6.07, 6.45) is 1.73. The molecule has 1 aliphatic carbocycles. The van der Waals surface area contributed by atoms with Gasteiger partial charge in [0.1, 0.15) is 0 Å². The number of carbonyl (C=O) groups excluding carboxylic acids is 1. The minimum atomic E-state index is -0.587. The first kappa shape index (κ1) is 14.2. The van der Waals surface area contributed by atoms with Crippen LogP contribution in [0.3, 0.4) is 0 Å². The molecular weight excluding hydrogens is 280 g/mol. The fourth-order valence-corrected chi connectivity index (χ4v) is 4.09. The molecule has 4 nitrogen and oxygen atoms in total. The first-order valence-corrected chi connectivity index (χ1v) is 7.95. The van der Waals surface area contributed by atoms with Gasteiger partial charge in [-0.3, -0.25) is 0 Å². The average Bonchev–Trinajstić information content (AvgIpc) is 2.74. The summed E-state index contributed by atoms with van der Waals surface area (Å²) in [5.74, 6) is -0.789. The summed E-state index contributed by atoms with van der Waals surface area (Å²) in [5, 5.41) is 0. The van der Waals surface area contributed by atoms with Crippen LogP contribution in [0.1, 0.15) is 59.5 Å². The third kappa shape index (κ3) is 1.87. The lowest BCUT2D eigenvalue weighted by Gasteiger charge is -2.44. The van der Waals surface area contributed by atoms with Crippen LogP contribution in [0.4, 0.5) is 0 Å². The summed E-state index contributed by atoms with van der Waals surface area (Å²) in [5.41, 5.74) is 5.53. The van der Waals surface area contributed by atoms with Crippen molar-refractivity contribution in [3.8, 4) is 0 Å². The average molecular weight is 302 g/mol. The first-order chi connectivity index (χ1) is 10.3. The molecule has 1 aromatic carbocycles. The molecule has 118 valence electrons. The van der Waals surface area contributed by atoms with Gasteiger partial charge in [-0.25, -0.2) is 4.79 Å². The Balaban J connectivity index is 1.88. The number of ether oxygens (including phenoxy) is 3. The van der Waals surface area contributed by atoms with Crippen LogP contribution in [-0.4, -0.2) is 25.0 Å². The first-order valence-electron chi connectivity index (χ1n) is 7.95. The van der Waals surface area contributed by atoms with E-state index < -0.39 is 5.79 Å². The van der Waals surface area contributed by atoms with E-state index in [1.807, 2.05) is 19.9 Å². The second kappa shape index (κ2) is 4.33. The van der Waals surface area contributed by atoms with Crippen molar-refractivity contribution in [3.05, 3.63) is 33.9 Å². The largest absolute Gasteiger partial charge is 0.462 e. The Morgan fingerprint density at radius 3 is 2.77 bits per heavy atom. The topological polar surface area (TPSA) is 44.8 Å². The fraction of sp³-hybridized carbons (Fsp3) is 0.611. The number of rotatable bonds is 0. The lowest BCUT2D eigenvalue weighted by molar-refractivity contribution is -0.314. The van der Waals surface area contributed by atoms with E-state index in [1.165, 1.54) is 11.1 Å². The SMILES string of the molecule is Cc1c2c(cc3c1C[C@@]1(C)COC(C)(C)O[C@@H]31)C(=O)OCC2. The van der Waals surface area contributed by atoms with Crippen molar-refractivity contribution in [2.75, 3.05) is 13.2 Å². The molecule has 2 aliphatic heterocycles. The van der Waals surface area contributed by atoms with Crippen LogP contribution < -0.4 is 0 Å². The molecule has 0 radical (unpaired) electrons. The maximum atomic E-state index is 12.1. The predicted molar refractivity (Wildman–Crippen MR) is 80.8 cm³/mol. The molecule has 4 rings (SSSR count). The standard InChI is InChI=1S/C18H22O4/c1-10-11-5-6-20-16(19)13(11)7-12-14(10)8-18(4)9-21-17(2,3)22-15(12)18/h7,15H,5-6,8-9H2,1-4H3/t15-,18-/m0/s1. The zero-order valence-electron chi connectivity index (χ0n) is 13.6. The van der Waals surface area contributed by atoms with Crippen molar-refractivity contribution in [2.45, 2.75) is 52.4 Å². The van der Waals surface area contributed by atoms with E-state index in [2.05, 4.69) is 13.8 Å². The highest BCUT2D eigenvalue weighted by molar-refractivity contribution is 5.93. The van der Waals surface area contributed by atoms with Crippen LogP contribution in [0.2, 0.25) is 0 Å². The third-order valence-electron chi connectivity index (χ3n) is 5.33. The number of hydrogen-bond donors (Lipinski definition) is 0. The summed E-state index contributed by atoms with van der Waals surface area (Å²) < 4.78 is 17.3. The van der Waals surface area contributed by atoms with E-state index in [1.54, 1.807) is 0 Å². The molecular formula is C18H22O4. The quantitative estimate of drug-likeness (QED) is 0.691. The van der Waals surface area contributed by atoms with Crippen molar-refractivity contribution in [1.29, 1.82) is 0 Å². The van der Waals surface area contributed by atoms with Gasteiger partial charge in [0.05, 0.1) is 24.9 Å². The second-order valence-corrected chi connectivity index (χ2v) is 7.50. The molecule has 2 heterocycles. The Morgan fingerprint density at radius 1 is 1.23 bits per heavy atom. The van der Waals surface area contributed by atoms with Crippen molar-refractivity contribution in [2.24, 2.45) is 5.41 Å². The van der Waals surface area contributed by atoms with Gasteiger partial charge in [0, 0.05) is 11.8 Å². The highest BCUT2D eigenvalue weighted by atomic mass is 16.7. The maximum Gasteiger partial charge on any atom is 0.338 e. The molecule has 1 saturated heterocycles. The lowest BCUT2D eigenvalue weighted by atomic mass is 9.84. The summed E-state index contributed by atoms with van der Waals surface area (Å²) in [6, 6.07) is 2.01. The number of esters is 1. The summed E-state index contributed by atoms with van der Waals surface area (Å²) in [7, 11) is 0. The molecule has 0 bridgehead atoms. The molecule has 0 amide bonds. The second-order valence-electron chi connectivity index (χ2n) is 7.50. The van der Waals surface area contributed by atoms with Gasteiger partial charge < -0.3 is 14.2 Å². The van der Waals surface area contributed by atoms with Gasteiger partial charge in [0.2, 0.25) is 0 Å². The minimum Gasteiger partial charge on any atom is -0.462 e. The Hall–Kier alpha value is -1.39. The molecule has 0 unspecified atom stereocenters. The van der Waals surface area contributed by atoms with Gasteiger partial charge in [-0.1, -0.05) is 6.92 Å². The summed E-state index contributed by atoms with van der Waals surface area (Å²) >= 11 is 0. The molecule has 3 aliphatic rings. The zero-order chi connectivity index (χ0) is 15.7. The van der Waals surface area contributed by atoms with Crippen molar-refractivity contribution < 1.29 is 19.0 Å². The summed E-state index contributed by atoms with van der Waals surface area (Å²) in [6.45, 7) is 9.40. The molecule has 22 heavy (non-hydrogen) atoms. The maximum absolute atomic E-state index is 12.1. The zero-order valence-corrected chi connectivity index (χ0v) is 13.6. The number of fused-ring (bicyclic) bond motifs is 4. The lowest BCUT2D eigenvalue weighted by Crippen LogP contribution is -2.45. The number of benzene rings is 1. The fourth-order valence-electron chi connectivity index (χ4n) is 4.09. The van der Waals surface area contributed by atoms with Gasteiger partial charge in [0.15, 0.2) is 5.79 Å². The Morgan fingerprint density at radius 2 is 2.00 bits per heavy atom. The van der Waals surface area contributed by atoms with Crippen LogP contribution in [0.5, 0.6) is 0 Å². The number of hydrogen-bond acceptors (Lipinski definition) is 4. The van der Waals surface area contributed by atoms with E-state index >= 15 is 0 Å². The van der Waals surface area contributed by atoms with Gasteiger partial charge in [0.25, 0.3) is 0 Å². The minimum absolute atomic E-state index is 0.0232. The Kier molecular flexibility index (Phi) is 2.80. The van der Waals surface area contributed by atoms with Crippen LogP contribution in [-0.2, 0) is 27.1 Å². The molecule has 0 saturated carbocycles. The van der Waals surface area contributed by atoms with E-state index in [9.17, 15) is 4.79 Å². The molecule has 0 aromatic heterocycles.